The van der Waals surface area contributed by atoms with Crippen LogP contribution in [0.3, 0.4) is 0 Å². The Hall–Kier alpha value is -1.05. The molecule has 1 heterocycles. The maximum absolute atomic E-state index is 14.2. The van der Waals surface area contributed by atoms with E-state index in [-0.39, 0.29) is 28.5 Å². The van der Waals surface area contributed by atoms with Gasteiger partial charge < -0.3 is 11.1 Å². The van der Waals surface area contributed by atoms with E-state index in [1.54, 1.807) is 0 Å². The molecule has 0 spiro atoms. The van der Waals surface area contributed by atoms with E-state index in [2.05, 4.69) is 21.2 Å². The van der Waals surface area contributed by atoms with E-state index >= 15 is 0 Å². The Bertz CT molecular complexity index is 556. The first-order chi connectivity index (χ1) is 11.0. The van der Waals surface area contributed by atoms with Crippen LogP contribution < -0.4 is 11.1 Å². The molecule has 7 heteroatoms. The SMILES string of the molecule is NCCC(=O)NCC1CCCCN1Cc1c(F)ccc(Br)c1F. The fourth-order valence-corrected chi connectivity index (χ4v) is 3.24. The van der Waals surface area contributed by atoms with Gasteiger partial charge >= 0.3 is 0 Å². The zero-order chi connectivity index (χ0) is 16.8. The van der Waals surface area contributed by atoms with Crippen LogP contribution in [0.15, 0.2) is 16.6 Å². The van der Waals surface area contributed by atoms with Crippen LogP contribution in [0.1, 0.15) is 31.2 Å². The number of nitrogens with zero attached hydrogens (tertiary/aromatic N) is 1. The third-order valence-corrected chi connectivity index (χ3v) is 4.77. The van der Waals surface area contributed by atoms with Gasteiger partial charge in [0.1, 0.15) is 11.6 Å². The largest absolute Gasteiger partial charge is 0.354 e. The van der Waals surface area contributed by atoms with Crippen molar-refractivity contribution in [2.24, 2.45) is 5.73 Å². The summed E-state index contributed by atoms with van der Waals surface area (Å²) in [5.41, 5.74) is 5.43. The Balaban J connectivity index is 2.04. The van der Waals surface area contributed by atoms with E-state index < -0.39 is 11.6 Å². The van der Waals surface area contributed by atoms with Crippen LogP contribution in [-0.4, -0.2) is 36.5 Å². The zero-order valence-electron chi connectivity index (χ0n) is 13.0. The van der Waals surface area contributed by atoms with Crippen molar-refractivity contribution in [1.82, 2.24) is 10.2 Å². The van der Waals surface area contributed by atoms with Crippen molar-refractivity contribution in [1.29, 1.82) is 0 Å². The molecular weight excluding hydrogens is 368 g/mol. The summed E-state index contributed by atoms with van der Waals surface area (Å²) in [6.45, 7) is 1.77. The molecule has 3 N–H and O–H groups in total. The summed E-state index contributed by atoms with van der Waals surface area (Å²) in [5.74, 6) is -1.18. The van der Waals surface area contributed by atoms with Crippen molar-refractivity contribution in [3.05, 3.63) is 33.8 Å². The molecular formula is C16H22BrF2N3O. The second-order valence-corrected chi connectivity index (χ2v) is 6.64. The zero-order valence-corrected chi connectivity index (χ0v) is 14.5. The first-order valence-corrected chi connectivity index (χ1v) is 8.65. The van der Waals surface area contributed by atoms with Crippen LogP contribution >= 0.6 is 15.9 Å². The predicted molar refractivity (Wildman–Crippen MR) is 88.8 cm³/mol. The highest BCUT2D eigenvalue weighted by Crippen LogP contribution is 2.26. The van der Waals surface area contributed by atoms with Crippen molar-refractivity contribution in [3.63, 3.8) is 0 Å². The molecule has 0 bridgehead atoms. The second kappa shape index (κ2) is 8.70. The molecule has 1 aliphatic heterocycles. The van der Waals surface area contributed by atoms with Crippen LogP contribution in [0, 0.1) is 11.6 Å². The maximum Gasteiger partial charge on any atom is 0.221 e. The summed E-state index contributed by atoms with van der Waals surface area (Å²) in [6, 6.07) is 2.72. The number of nitrogens with two attached hydrogens (primary N) is 1. The average molecular weight is 390 g/mol. The quantitative estimate of drug-likeness (QED) is 0.735. The van der Waals surface area contributed by atoms with Gasteiger partial charge in [0.15, 0.2) is 0 Å². The lowest BCUT2D eigenvalue weighted by Gasteiger charge is -2.36. The second-order valence-electron chi connectivity index (χ2n) is 5.78. The van der Waals surface area contributed by atoms with E-state index in [0.717, 1.165) is 25.8 Å². The molecule has 1 atom stereocenters. The lowest BCUT2D eigenvalue weighted by Crippen LogP contribution is -2.46. The Morgan fingerprint density at radius 3 is 2.91 bits per heavy atom. The number of benzene rings is 1. The van der Waals surface area contributed by atoms with Crippen LogP contribution in [0.5, 0.6) is 0 Å². The van der Waals surface area contributed by atoms with Crippen molar-refractivity contribution in [2.45, 2.75) is 38.3 Å². The number of carbonyl (C=O) groups is 1. The third-order valence-electron chi connectivity index (χ3n) is 4.16. The normalized spacial score (nSPS) is 18.9. The molecule has 1 fully saturated rings. The average Bonchev–Trinajstić information content (AvgIpc) is 2.54. The Morgan fingerprint density at radius 1 is 1.39 bits per heavy atom. The van der Waals surface area contributed by atoms with Gasteiger partial charge in [0, 0.05) is 37.7 Å². The monoisotopic (exact) mass is 389 g/mol. The summed E-state index contributed by atoms with van der Waals surface area (Å²) in [5, 5.41) is 2.85. The van der Waals surface area contributed by atoms with E-state index in [1.165, 1.54) is 12.1 Å². The van der Waals surface area contributed by atoms with Crippen LogP contribution in [-0.2, 0) is 11.3 Å². The molecule has 0 saturated carbocycles. The van der Waals surface area contributed by atoms with E-state index in [0.29, 0.717) is 19.5 Å². The topological polar surface area (TPSA) is 58.4 Å². The molecule has 1 unspecified atom stereocenters. The van der Waals surface area contributed by atoms with Gasteiger partial charge in [-0.1, -0.05) is 6.42 Å². The Labute approximate surface area is 143 Å². The van der Waals surface area contributed by atoms with Gasteiger partial charge in [-0.15, -0.1) is 0 Å². The lowest BCUT2D eigenvalue weighted by atomic mass is 10.0. The van der Waals surface area contributed by atoms with Crippen molar-refractivity contribution < 1.29 is 13.6 Å². The summed E-state index contributed by atoms with van der Waals surface area (Å²) >= 11 is 3.10. The van der Waals surface area contributed by atoms with E-state index in [1.807, 2.05) is 4.90 Å². The number of piperidine rings is 1. The molecule has 1 aliphatic rings. The third kappa shape index (κ3) is 4.96. The van der Waals surface area contributed by atoms with Gasteiger partial charge in [-0.25, -0.2) is 8.78 Å². The van der Waals surface area contributed by atoms with Gasteiger partial charge in [-0.2, -0.15) is 0 Å². The summed E-state index contributed by atoms with van der Waals surface area (Å²) in [7, 11) is 0. The highest BCUT2D eigenvalue weighted by atomic mass is 79.9. The lowest BCUT2D eigenvalue weighted by molar-refractivity contribution is -0.121. The predicted octanol–water partition coefficient (Wildman–Crippen LogP) is 2.55. The standard InChI is InChI=1S/C16H22BrF2N3O/c17-13-4-5-14(18)12(16(13)19)10-22-8-2-1-3-11(22)9-21-15(23)6-7-20/h4-5,11H,1-3,6-10,20H2,(H,21,23). The maximum atomic E-state index is 14.2. The van der Waals surface area contributed by atoms with Gasteiger partial charge in [-0.3, -0.25) is 9.69 Å². The van der Waals surface area contributed by atoms with Gasteiger partial charge in [-0.05, 0) is 47.4 Å². The fraction of sp³-hybridized carbons (Fsp3) is 0.562. The minimum Gasteiger partial charge on any atom is -0.354 e. The first-order valence-electron chi connectivity index (χ1n) is 7.86. The highest BCUT2D eigenvalue weighted by Gasteiger charge is 2.25. The fourth-order valence-electron chi connectivity index (χ4n) is 2.87. The minimum absolute atomic E-state index is 0.0690. The molecule has 1 aromatic rings. The molecule has 0 aliphatic carbocycles. The molecule has 2 rings (SSSR count). The van der Waals surface area contributed by atoms with Crippen molar-refractivity contribution in [3.8, 4) is 0 Å². The number of halogens is 3. The summed E-state index contributed by atoms with van der Waals surface area (Å²) in [4.78, 5) is 13.6. The van der Waals surface area contributed by atoms with E-state index in [9.17, 15) is 13.6 Å². The number of likely N-dealkylation sites (tertiary alicyclic amines) is 1. The number of hydrogen-bond acceptors (Lipinski definition) is 3. The van der Waals surface area contributed by atoms with Crippen LogP contribution in [0.25, 0.3) is 0 Å². The number of nitrogens with one attached hydrogen (secondary N) is 1. The van der Waals surface area contributed by atoms with Crippen molar-refractivity contribution in [2.75, 3.05) is 19.6 Å². The van der Waals surface area contributed by atoms with Gasteiger partial charge in [0.2, 0.25) is 5.91 Å². The molecule has 4 nitrogen and oxygen atoms in total. The van der Waals surface area contributed by atoms with E-state index in [4.69, 9.17) is 5.73 Å². The smallest absolute Gasteiger partial charge is 0.221 e. The number of amides is 1. The Kier molecular flexibility index (Phi) is 6.92. The minimum atomic E-state index is -0.554. The molecule has 1 aromatic carbocycles. The van der Waals surface area contributed by atoms with Crippen molar-refractivity contribution >= 4 is 21.8 Å². The van der Waals surface area contributed by atoms with Crippen LogP contribution in [0.2, 0.25) is 0 Å². The molecule has 1 saturated heterocycles. The molecule has 23 heavy (non-hydrogen) atoms. The number of rotatable bonds is 6. The first kappa shape index (κ1) is 18.3. The highest BCUT2D eigenvalue weighted by molar-refractivity contribution is 9.10. The molecule has 1 amide bonds. The Morgan fingerprint density at radius 2 is 2.17 bits per heavy atom. The van der Waals surface area contributed by atoms with Crippen LogP contribution in [0.4, 0.5) is 8.78 Å². The van der Waals surface area contributed by atoms with Gasteiger partial charge in [0.05, 0.1) is 4.47 Å². The van der Waals surface area contributed by atoms with Gasteiger partial charge in [0.25, 0.3) is 0 Å². The molecule has 0 aromatic heterocycles. The summed E-state index contributed by atoms with van der Waals surface area (Å²) in [6.07, 6.45) is 3.24. The number of carbonyl (C=O) groups excluding carboxylic acids is 1. The summed E-state index contributed by atoms with van der Waals surface area (Å²) < 4.78 is 28.4. The molecule has 0 radical (unpaired) electrons. The number of hydrogen-bond donors (Lipinski definition) is 2. The molecule has 128 valence electrons.